The molecular weight excluding hydrogens is 332 g/mol. The van der Waals surface area contributed by atoms with Crippen LogP contribution in [0.2, 0.25) is 0 Å². The average molecular weight is 357 g/mol. The lowest BCUT2D eigenvalue weighted by molar-refractivity contribution is -0.154. The van der Waals surface area contributed by atoms with E-state index in [4.69, 9.17) is 9.47 Å². The summed E-state index contributed by atoms with van der Waals surface area (Å²) in [5.74, 6) is -4.05. The van der Waals surface area contributed by atoms with E-state index in [1.54, 1.807) is 45.0 Å². The van der Waals surface area contributed by atoms with E-state index in [-0.39, 0.29) is 6.61 Å². The summed E-state index contributed by atoms with van der Waals surface area (Å²) in [6.07, 6.45) is -1.71. The molecule has 1 aromatic carbocycles. The molecule has 5 nitrogen and oxygen atoms in total. The van der Waals surface area contributed by atoms with E-state index in [9.17, 15) is 18.4 Å². The summed E-state index contributed by atoms with van der Waals surface area (Å²) >= 11 is 0. The number of rotatable bonds is 6. The van der Waals surface area contributed by atoms with Crippen molar-refractivity contribution in [2.45, 2.75) is 58.3 Å². The number of ether oxygens (including phenoxy) is 2. The third kappa shape index (κ3) is 7.96. The van der Waals surface area contributed by atoms with Crippen LogP contribution in [0.4, 0.5) is 13.6 Å². The molecule has 0 aliphatic carbocycles. The summed E-state index contributed by atoms with van der Waals surface area (Å²) in [5, 5.41) is 0. The zero-order valence-electron chi connectivity index (χ0n) is 15.2. The van der Waals surface area contributed by atoms with Crippen molar-refractivity contribution in [3.05, 3.63) is 35.9 Å². The van der Waals surface area contributed by atoms with Crippen LogP contribution >= 0.6 is 0 Å². The first-order valence-corrected chi connectivity index (χ1v) is 7.93. The Hall–Kier alpha value is -2.18. The van der Waals surface area contributed by atoms with Crippen molar-refractivity contribution >= 4 is 12.1 Å². The SMILES string of the molecule is CN(C(=O)OC(C)(C)C)[C@@H](CC(C)(F)F)C(=O)OCc1ccccc1. The minimum Gasteiger partial charge on any atom is -0.459 e. The molecule has 0 N–H and O–H groups in total. The summed E-state index contributed by atoms with van der Waals surface area (Å²) in [6, 6.07) is 7.39. The summed E-state index contributed by atoms with van der Waals surface area (Å²) in [5.41, 5.74) is -0.0868. The number of amides is 1. The van der Waals surface area contributed by atoms with Crippen molar-refractivity contribution in [1.29, 1.82) is 0 Å². The van der Waals surface area contributed by atoms with Crippen LogP contribution in [0.5, 0.6) is 0 Å². The van der Waals surface area contributed by atoms with Crippen molar-refractivity contribution in [3.8, 4) is 0 Å². The van der Waals surface area contributed by atoms with E-state index in [1.165, 1.54) is 7.05 Å². The number of esters is 1. The normalized spacial score (nSPS) is 13.1. The van der Waals surface area contributed by atoms with Crippen LogP contribution in [0, 0.1) is 0 Å². The fourth-order valence-corrected chi connectivity index (χ4v) is 2.00. The molecule has 0 aliphatic rings. The maximum absolute atomic E-state index is 13.5. The summed E-state index contributed by atoms with van der Waals surface area (Å²) in [6.45, 7) is 5.57. The van der Waals surface area contributed by atoms with Gasteiger partial charge in [0.05, 0.1) is 0 Å². The highest BCUT2D eigenvalue weighted by atomic mass is 19.3. The fourth-order valence-electron chi connectivity index (χ4n) is 2.00. The minimum atomic E-state index is -3.15. The second-order valence-corrected chi connectivity index (χ2v) is 6.97. The van der Waals surface area contributed by atoms with Crippen LogP contribution < -0.4 is 0 Å². The molecule has 1 aromatic rings. The Morgan fingerprint density at radius 1 is 1.12 bits per heavy atom. The molecule has 0 unspecified atom stereocenters. The van der Waals surface area contributed by atoms with E-state index >= 15 is 0 Å². The summed E-state index contributed by atoms with van der Waals surface area (Å²) in [4.78, 5) is 25.3. The van der Waals surface area contributed by atoms with E-state index in [0.29, 0.717) is 6.92 Å². The maximum Gasteiger partial charge on any atom is 0.410 e. The molecule has 0 saturated carbocycles. The van der Waals surface area contributed by atoms with Gasteiger partial charge < -0.3 is 9.47 Å². The van der Waals surface area contributed by atoms with E-state index in [1.807, 2.05) is 6.07 Å². The molecule has 0 spiro atoms. The Morgan fingerprint density at radius 2 is 1.68 bits per heavy atom. The molecule has 0 saturated heterocycles. The molecular formula is C18H25F2NO4. The number of hydrogen-bond donors (Lipinski definition) is 0. The first-order chi connectivity index (χ1) is 11.4. The number of halogens is 2. The quantitative estimate of drug-likeness (QED) is 0.722. The van der Waals surface area contributed by atoms with Gasteiger partial charge in [0.15, 0.2) is 0 Å². The molecule has 0 fully saturated rings. The fraction of sp³-hybridized carbons (Fsp3) is 0.556. The zero-order chi connectivity index (χ0) is 19.3. The second-order valence-electron chi connectivity index (χ2n) is 6.97. The van der Waals surface area contributed by atoms with Gasteiger partial charge in [-0.15, -0.1) is 0 Å². The Bertz CT molecular complexity index is 579. The lowest BCUT2D eigenvalue weighted by atomic mass is 10.1. The molecule has 1 amide bonds. The van der Waals surface area contributed by atoms with Crippen LogP contribution in [0.1, 0.15) is 39.7 Å². The van der Waals surface area contributed by atoms with Crippen LogP contribution in [0.25, 0.3) is 0 Å². The van der Waals surface area contributed by atoms with Gasteiger partial charge in [-0.2, -0.15) is 0 Å². The van der Waals surface area contributed by atoms with Crippen LogP contribution in [-0.2, 0) is 20.9 Å². The molecule has 0 radical (unpaired) electrons. The first-order valence-electron chi connectivity index (χ1n) is 7.93. The molecule has 7 heteroatoms. The number of benzene rings is 1. The van der Waals surface area contributed by atoms with E-state index in [2.05, 4.69) is 0 Å². The van der Waals surface area contributed by atoms with Gasteiger partial charge in [0.25, 0.3) is 0 Å². The molecule has 0 heterocycles. The van der Waals surface area contributed by atoms with Gasteiger partial charge >= 0.3 is 12.1 Å². The number of alkyl halides is 2. The predicted molar refractivity (Wildman–Crippen MR) is 89.3 cm³/mol. The van der Waals surface area contributed by atoms with Crippen molar-refractivity contribution in [1.82, 2.24) is 4.90 Å². The summed E-state index contributed by atoms with van der Waals surface area (Å²) in [7, 11) is 1.24. The number of carbonyl (C=O) groups excluding carboxylic acids is 2. The lowest BCUT2D eigenvalue weighted by Crippen LogP contribution is -2.47. The highest BCUT2D eigenvalue weighted by molar-refractivity contribution is 5.81. The second kappa shape index (κ2) is 8.27. The maximum atomic E-state index is 13.5. The summed E-state index contributed by atoms with van der Waals surface area (Å²) < 4.78 is 37.2. The molecule has 1 rings (SSSR count). The Balaban J connectivity index is 2.84. The predicted octanol–water partition coefficient (Wildman–Crippen LogP) is 4.01. The van der Waals surface area contributed by atoms with E-state index in [0.717, 1.165) is 10.5 Å². The molecule has 0 bridgehead atoms. The highest BCUT2D eigenvalue weighted by Crippen LogP contribution is 2.24. The minimum absolute atomic E-state index is 0.0619. The van der Waals surface area contributed by atoms with Gasteiger partial charge in [-0.3, -0.25) is 4.90 Å². The zero-order valence-corrected chi connectivity index (χ0v) is 15.2. The smallest absolute Gasteiger partial charge is 0.410 e. The van der Waals surface area contributed by atoms with Gasteiger partial charge in [0.1, 0.15) is 18.2 Å². The topological polar surface area (TPSA) is 55.8 Å². The standard InChI is InChI=1S/C18H25F2NO4/c1-17(2,3)25-16(23)21(5)14(11-18(4,19)20)15(22)24-12-13-9-7-6-8-10-13/h6-10,14H,11-12H2,1-5H3/t14-/m0/s1. The third-order valence-electron chi connectivity index (χ3n) is 3.20. The van der Waals surface area contributed by atoms with Gasteiger partial charge in [-0.25, -0.2) is 18.4 Å². The monoisotopic (exact) mass is 357 g/mol. The van der Waals surface area contributed by atoms with Gasteiger partial charge in [-0.05, 0) is 33.3 Å². The average Bonchev–Trinajstić information content (AvgIpc) is 2.48. The third-order valence-corrected chi connectivity index (χ3v) is 3.20. The Morgan fingerprint density at radius 3 is 2.16 bits per heavy atom. The highest BCUT2D eigenvalue weighted by Gasteiger charge is 2.38. The van der Waals surface area contributed by atoms with Crippen molar-refractivity contribution in [2.24, 2.45) is 0 Å². The van der Waals surface area contributed by atoms with Gasteiger partial charge in [0, 0.05) is 13.5 Å². The molecule has 0 aliphatic heterocycles. The largest absolute Gasteiger partial charge is 0.459 e. The van der Waals surface area contributed by atoms with E-state index < -0.39 is 36.0 Å². The molecule has 1 atom stereocenters. The van der Waals surface area contributed by atoms with Crippen molar-refractivity contribution < 1.29 is 27.8 Å². The lowest BCUT2D eigenvalue weighted by Gasteiger charge is -2.30. The molecule has 25 heavy (non-hydrogen) atoms. The number of nitrogens with zero attached hydrogens (tertiary/aromatic N) is 1. The number of likely N-dealkylation sites (N-methyl/N-ethyl adjacent to an activating group) is 1. The number of carbonyl (C=O) groups is 2. The van der Waals surface area contributed by atoms with Crippen LogP contribution in [0.15, 0.2) is 30.3 Å². The molecule has 140 valence electrons. The van der Waals surface area contributed by atoms with Gasteiger partial charge in [-0.1, -0.05) is 30.3 Å². The van der Waals surface area contributed by atoms with Crippen LogP contribution in [-0.4, -0.2) is 41.6 Å². The van der Waals surface area contributed by atoms with Gasteiger partial charge in [0.2, 0.25) is 5.92 Å². The van der Waals surface area contributed by atoms with Crippen molar-refractivity contribution in [3.63, 3.8) is 0 Å². The number of hydrogen-bond acceptors (Lipinski definition) is 4. The van der Waals surface area contributed by atoms with Crippen LogP contribution in [0.3, 0.4) is 0 Å². The Kier molecular flexibility index (Phi) is 6.90. The Labute approximate surface area is 146 Å². The molecule has 0 aromatic heterocycles. The van der Waals surface area contributed by atoms with Crippen molar-refractivity contribution in [2.75, 3.05) is 7.05 Å². The first kappa shape index (κ1) is 20.9.